The minimum Gasteiger partial charge on any atom is -0.376 e. The molecule has 0 fully saturated rings. The van der Waals surface area contributed by atoms with Gasteiger partial charge in [-0.2, -0.15) is 26.3 Å². The fourth-order valence-corrected chi connectivity index (χ4v) is 3.58. The summed E-state index contributed by atoms with van der Waals surface area (Å²) in [6.45, 7) is 9.13. The minimum absolute atomic E-state index is 0.199. The Hall–Kier alpha value is -2.84. The van der Waals surface area contributed by atoms with E-state index in [2.05, 4.69) is 13.2 Å². The van der Waals surface area contributed by atoms with Crippen molar-refractivity contribution in [2.24, 2.45) is 0 Å². The zero-order valence-electron chi connectivity index (χ0n) is 18.4. The SMILES string of the molecule is C=C1C(=C)C(CCOCc2ccc(C(F)(F)F)cc2)=C1CCOCc1ccc(C(F)(F)F)cc1. The summed E-state index contributed by atoms with van der Waals surface area (Å²) in [6, 6.07) is 9.70. The second-order valence-electron chi connectivity index (χ2n) is 7.91. The molecule has 0 unspecified atom stereocenters. The highest BCUT2D eigenvalue weighted by molar-refractivity contribution is 5.67. The average Bonchev–Trinajstić information content (AvgIpc) is 2.79. The maximum Gasteiger partial charge on any atom is 0.416 e. The van der Waals surface area contributed by atoms with Gasteiger partial charge >= 0.3 is 12.4 Å². The van der Waals surface area contributed by atoms with Gasteiger partial charge in [0.25, 0.3) is 0 Å². The molecule has 0 bridgehead atoms. The van der Waals surface area contributed by atoms with E-state index in [1.54, 1.807) is 0 Å². The quantitative estimate of drug-likeness (QED) is 0.256. The average molecular weight is 482 g/mol. The second-order valence-corrected chi connectivity index (χ2v) is 7.91. The van der Waals surface area contributed by atoms with E-state index in [9.17, 15) is 26.3 Å². The lowest BCUT2D eigenvalue weighted by atomic mass is 9.76. The number of alkyl halides is 6. The molecule has 0 saturated heterocycles. The first kappa shape index (κ1) is 25.8. The molecule has 0 saturated carbocycles. The first-order valence-corrected chi connectivity index (χ1v) is 10.6. The highest BCUT2D eigenvalue weighted by Gasteiger charge is 2.30. The summed E-state index contributed by atoms with van der Waals surface area (Å²) in [5, 5.41) is 0. The lowest BCUT2D eigenvalue weighted by Gasteiger charge is -2.29. The molecule has 0 radical (unpaired) electrons. The summed E-state index contributed by atoms with van der Waals surface area (Å²) >= 11 is 0. The van der Waals surface area contributed by atoms with Crippen molar-refractivity contribution < 1.29 is 35.8 Å². The van der Waals surface area contributed by atoms with Gasteiger partial charge in [0, 0.05) is 0 Å². The van der Waals surface area contributed by atoms with E-state index in [0.717, 1.165) is 46.6 Å². The molecule has 1 aliphatic carbocycles. The Bertz CT molecular complexity index is 959. The van der Waals surface area contributed by atoms with Crippen LogP contribution in [-0.4, -0.2) is 13.2 Å². The Morgan fingerprint density at radius 1 is 0.559 bits per heavy atom. The summed E-state index contributed by atoms with van der Waals surface area (Å²) in [4.78, 5) is 0. The molecule has 8 heteroatoms. The Morgan fingerprint density at radius 3 is 1.18 bits per heavy atom. The second kappa shape index (κ2) is 10.6. The molecule has 0 amide bonds. The number of hydrogen-bond donors (Lipinski definition) is 0. The highest BCUT2D eigenvalue weighted by atomic mass is 19.4. The molecule has 0 spiro atoms. The third kappa shape index (κ3) is 6.61. The minimum atomic E-state index is -4.36. The van der Waals surface area contributed by atoms with Gasteiger partial charge in [-0.25, -0.2) is 0 Å². The summed E-state index contributed by atoms with van der Waals surface area (Å²) < 4.78 is 86.9. The molecule has 34 heavy (non-hydrogen) atoms. The molecule has 0 aliphatic heterocycles. The Labute approximate surface area is 194 Å². The molecule has 3 rings (SSSR count). The van der Waals surface area contributed by atoms with Gasteiger partial charge in [0.1, 0.15) is 0 Å². The predicted octanol–water partition coefficient (Wildman–Crippen LogP) is 7.66. The maximum atomic E-state index is 12.6. The normalized spacial score (nSPS) is 14.5. The van der Waals surface area contributed by atoms with E-state index in [0.29, 0.717) is 37.2 Å². The fraction of sp³-hybridized carbons (Fsp3) is 0.308. The highest BCUT2D eigenvalue weighted by Crippen LogP contribution is 2.41. The van der Waals surface area contributed by atoms with Crippen LogP contribution in [0.4, 0.5) is 26.3 Å². The summed E-state index contributed by atoms with van der Waals surface area (Å²) in [5.41, 5.74) is 3.64. The van der Waals surface area contributed by atoms with Gasteiger partial charge in [0.15, 0.2) is 0 Å². The molecule has 0 N–H and O–H groups in total. The largest absolute Gasteiger partial charge is 0.416 e. The molecule has 182 valence electrons. The van der Waals surface area contributed by atoms with Gasteiger partial charge in [-0.3, -0.25) is 0 Å². The lowest BCUT2D eigenvalue weighted by molar-refractivity contribution is -0.138. The number of rotatable bonds is 10. The lowest BCUT2D eigenvalue weighted by Crippen LogP contribution is -2.15. The maximum absolute atomic E-state index is 12.6. The Morgan fingerprint density at radius 2 is 0.882 bits per heavy atom. The zero-order valence-corrected chi connectivity index (χ0v) is 18.4. The van der Waals surface area contributed by atoms with Crippen molar-refractivity contribution in [3.63, 3.8) is 0 Å². The van der Waals surface area contributed by atoms with Crippen LogP contribution in [-0.2, 0) is 35.0 Å². The summed E-state index contributed by atoms with van der Waals surface area (Å²) in [7, 11) is 0. The van der Waals surface area contributed by atoms with Crippen LogP contribution in [0.25, 0.3) is 0 Å². The van der Waals surface area contributed by atoms with Crippen molar-refractivity contribution in [1.82, 2.24) is 0 Å². The Kier molecular flexibility index (Phi) is 8.05. The Balaban J connectivity index is 1.42. The van der Waals surface area contributed by atoms with Gasteiger partial charge in [0.05, 0.1) is 37.6 Å². The molecule has 0 atom stereocenters. The molecule has 1 aliphatic rings. The molecule has 2 nitrogen and oxygen atoms in total. The number of benzene rings is 2. The van der Waals surface area contributed by atoms with Gasteiger partial charge in [-0.1, -0.05) is 37.4 Å². The topological polar surface area (TPSA) is 18.5 Å². The smallest absolute Gasteiger partial charge is 0.376 e. The standard InChI is InChI=1S/C26H24F6O2/c1-17-18(2)24(12-14-34-16-20-5-9-22(10-6-20)26(30,31)32)23(17)11-13-33-15-19-3-7-21(8-4-19)25(27,28)29/h3-10H,1-2,11-16H2. The van der Waals surface area contributed by atoms with Crippen LogP contribution in [0, 0.1) is 0 Å². The van der Waals surface area contributed by atoms with Gasteiger partial charge < -0.3 is 9.47 Å². The summed E-state index contributed by atoms with van der Waals surface area (Å²) in [6.07, 6.45) is -7.55. The molecular weight excluding hydrogens is 458 g/mol. The van der Waals surface area contributed by atoms with E-state index in [-0.39, 0.29) is 13.2 Å². The van der Waals surface area contributed by atoms with E-state index < -0.39 is 23.5 Å². The van der Waals surface area contributed by atoms with Crippen LogP contribution in [0.15, 0.2) is 84.0 Å². The van der Waals surface area contributed by atoms with E-state index in [1.165, 1.54) is 24.3 Å². The monoisotopic (exact) mass is 482 g/mol. The van der Waals surface area contributed by atoms with Crippen LogP contribution < -0.4 is 0 Å². The zero-order chi connectivity index (χ0) is 24.9. The van der Waals surface area contributed by atoms with Crippen molar-refractivity contribution in [2.75, 3.05) is 13.2 Å². The van der Waals surface area contributed by atoms with Crippen LogP contribution in [0.5, 0.6) is 0 Å². The number of ether oxygens (including phenoxy) is 2. The number of hydrogen-bond acceptors (Lipinski definition) is 2. The number of halogens is 6. The summed E-state index contributed by atoms with van der Waals surface area (Å²) in [5.74, 6) is 0. The van der Waals surface area contributed by atoms with Gasteiger partial charge in [0.2, 0.25) is 0 Å². The van der Waals surface area contributed by atoms with Crippen molar-refractivity contribution in [3.05, 3.63) is 106 Å². The van der Waals surface area contributed by atoms with Crippen molar-refractivity contribution in [2.45, 2.75) is 38.4 Å². The van der Waals surface area contributed by atoms with Crippen LogP contribution in [0.2, 0.25) is 0 Å². The fourth-order valence-electron chi connectivity index (χ4n) is 3.58. The molecule has 0 heterocycles. The van der Waals surface area contributed by atoms with Crippen LogP contribution in [0.3, 0.4) is 0 Å². The molecule has 2 aromatic carbocycles. The predicted molar refractivity (Wildman–Crippen MR) is 117 cm³/mol. The van der Waals surface area contributed by atoms with Crippen molar-refractivity contribution in [1.29, 1.82) is 0 Å². The molecule has 0 aromatic heterocycles. The van der Waals surface area contributed by atoms with Crippen molar-refractivity contribution in [3.8, 4) is 0 Å². The van der Waals surface area contributed by atoms with E-state index >= 15 is 0 Å². The third-order valence-electron chi connectivity index (χ3n) is 5.55. The van der Waals surface area contributed by atoms with E-state index in [1.807, 2.05) is 0 Å². The number of allylic oxidation sites excluding steroid dienone is 2. The third-order valence-corrected chi connectivity index (χ3v) is 5.55. The van der Waals surface area contributed by atoms with E-state index in [4.69, 9.17) is 9.47 Å². The first-order chi connectivity index (χ1) is 16.0. The van der Waals surface area contributed by atoms with Crippen LogP contribution >= 0.6 is 0 Å². The molecule has 2 aromatic rings. The molecular formula is C26H24F6O2. The van der Waals surface area contributed by atoms with Crippen molar-refractivity contribution >= 4 is 0 Å². The van der Waals surface area contributed by atoms with Gasteiger partial charge in [-0.05, 0) is 70.5 Å². The first-order valence-electron chi connectivity index (χ1n) is 10.6. The van der Waals surface area contributed by atoms with Gasteiger partial charge in [-0.15, -0.1) is 0 Å². The van der Waals surface area contributed by atoms with Crippen LogP contribution in [0.1, 0.15) is 35.1 Å².